The minimum absolute atomic E-state index is 0.150. The zero-order valence-electron chi connectivity index (χ0n) is 13.1. The van der Waals surface area contributed by atoms with Crippen molar-refractivity contribution in [3.63, 3.8) is 0 Å². The van der Waals surface area contributed by atoms with Crippen molar-refractivity contribution in [2.45, 2.75) is 6.10 Å². The Hall–Kier alpha value is -2.85. The molecule has 0 fully saturated rings. The minimum atomic E-state index is -0.150. The first kappa shape index (κ1) is 15.1. The van der Waals surface area contributed by atoms with Crippen LogP contribution in [0.4, 0.5) is 5.69 Å². The molecule has 6 heteroatoms. The zero-order valence-corrected chi connectivity index (χ0v) is 13.1. The van der Waals surface area contributed by atoms with Gasteiger partial charge in [-0.1, -0.05) is 29.4 Å². The molecule has 1 unspecified atom stereocenters. The quantitative estimate of drug-likeness (QED) is 0.489. The van der Waals surface area contributed by atoms with E-state index >= 15 is 0 Å². The number of nitrogens with zero attached hydrogens (tertiary/aromatic N) is 4. The summed E-state index contributed by atoms with van der Waals surface area (Å²) in [6.07, 6.45) is -0.150. The molecule has 3 rings (SSSR count). The van der Waals surface area contributed by atoms with Gasteiger partial charge in [-0.25, -0.2) is 0 Å². The number of rotatable bonds is 4. The average molecular weight is 310 g/mol. The highest BCUT2D eigenvalue weighted by Crippen LogP contribution is 2.41. The summed E-state index contributed by atoms with van der Waals surface area (Å²) < 4.78 is 11.3. The fourth-order valence-corrected chi connectivity index (χ4v) is 2.78. The maximum atomic E-state index is 8.52. The van der Waals surface area contributed by atoms with Crippen LogP contribution in [-0.2, 0) is 0 Å². The van der Waals surface area contributed by atoms with Crippen molar-refractivity contribution in [1.29, 1.82) is 0 Å². The lowest BCUT2D eigenvalue weighted by Crippen LogP contribution is -2.39. The van der Waals surface area contributed by atoms with Crippen LogP contribution in [0.25, 0.3) is 21.6 Å². The van der Waals surface area contributed by atoms with E-state index in [4.69, 9.17) is 15.0 Å². The first-order valence-electron chi connectivity index (χ1n) is 7.39. The Labute approximate surface area is 134 Å². The SMILES string of the molecule is COc1ccc(-c2cccc3c2OC(CN=[N+]=[N-])CN3C)cc1. The number of fused-ring (bicyclic) bond motifs is 1. The maximum Gasteiger partial charge on any atom is 0.150 e. The second-order valence-electron chi connectivity index (χ2n) is 5.42. The molecule has 0 radical (unpaired) electrons. The van der Waals surface area contributed by atoms with Crippen molar-refractivity contribution < 1.29 is 9.47 Å². The van der Waals surface area contributed by atoms with Gasteiger partial charge in [-0.2, -0.15) is 0 Å². The van der Waals surface area contributed by atoms with E-state index in [1.165, 1.54) is 0 Å². The Morgan fingerprint density at radius 1 is 1.30 bits per heavy atom. The van der Waals surface area contributed by atoms with Gasteiger partial charge in [-0.3, -0.25) is 0 Å². The molecule has 0 aliphatic carbocycles. The fourth-order valence-electron chi connectivity index (χ4n) is 2.78. The molecule has 0 aromatic heterocycles. The van der Waals surface area contributed by atoms with E-state index in [9.17, 15) is 0 Å². The van der Waals surface area contributed by atoms with Crippen molar-refractivity contribution in [3.05, 3.63) is 52.9 Å². The highest BCUT2D eigenvalue weighted by Gasteiger charge is 2.25. The van der Waals surface area contributed by atoms with Gasteiger partial charge in [0.05, 0.1) is 25.9 Å². The normalized spacial score (nSPS) is 16.1. The van der Waals surface area contributed by atoms with Gasteiger partial charge in [0.25, 0.3) is 0 Å². The summed E-state index contributed by atoms with van der Waals surface area (Å²) >= 11 is 0. The summed E-state index contributed by atoms with van der Waals surface area (Å²) in [6, 6.07) is 14.0. The molecule has 2 aromatic carbocycles. The van der Waals surface area contributed by atoms with Crippen LogP contribution < -0.4 is 14.4 Å². The van der Waals surface area contributed by atoms with Crippen molar-refractivity contribution in [1.82, 2.24) is 0 Å². The molecule has 0 bridgehead atoms. The van der Waals surface area contributed by atoms with E-state index in [0.717, 1.165) is 28.3 Å². The standard InChI is InChI=1S/C17H18N4O2/c1-21-11-14(10-19-20-18)23-17-15(4-3-5-16(17)21)12-6-8-13(22-2)9-7-12/h3-9,14H,10-11H2,1-2H3. The summed E-state index contributed by atoms with van der Waals surface area (Å²) in [5, 5.41) is 3.64. The van der Waals surface area contributed by atoms with Gasteiger partial charge >= 0.3 is 0 Å². The van der Waals surface area contributed by atoms with Crippen LogP contribution in [0.5, 0.6) is 11.5 Å². The molecule has 0 N–H and O–H groups in total. The number of likely N-dealkylation sites (N-methyl/N-ethyl adjacent to an activating group) is 1. The Balaban J connectivity index is 1.99. The van der Waals surface area contributed by atoms with Crippen molar-refractivity contribution >= 4 is 5.69 Å². The molecule has 1 atom stereocenters. The molecule has 1 heterocycles. The van der Waals surface area contributed by atoms with Crippen LogP contribution in [0.15, 0.2) is 47.6 Å². The third-order valence-electron chi connectivity index (χ3n) is 3.92. The Morgan fingerprint density at radius 3 is 2.78 bits per heavy atom. The third kappa shape index (κ3) is 3.03. The molecule has 118 valence electrons. The van der Waals surface area contributed by atoms with Crippen molar-refractivity contribution in [2.75, 3.05) is 32.1 Å². The van der Waals surface area contributed by atoms with E-state index in [-0.39, 0.29) is 6.10 Å². The van der Waals surface area contributed by atoms with Crippen LogP contribution in [-0.4, -0.2) is 33.4 Å². The van der Waals surface area contributed by atoms with E-state index in [0.29, 0.717) is 13.1 Å². The smallest absolute Gasteiger partial charge is 0.150 e. The lowest BCUT2D eigenvalue weighted by Gasteiger charge is -2.34. The molecule has 23 heavy (non-hydrogen) atoms. The zero-order chi connectivity index (χ0) is 16.2. The Bertz CT molecular complexity index is 739. The molecule has 1 aliphatic rings. The molecule has 6 nitrogen and oxygen atoms in total. The van der Waals surface area contributed by atoms with Gasteiger partial charge in [-0.05, 0) is 29.3 Å². The fraction of sp³-hybridized carbons (Fsp3) is 0.294. The second kappa shape index (κ2) is 6.50. The Kier molecular flexibility index (Phi) is 4.26. The third-order valence-corrected chi connectivity index (χ3v) is 3.92. The molecule has 1 aliphatic heterocycles. The van der Waals surface area contributed by atoms with Gasteiger partial charge in [0.2, 0.25) is 0 Å². The number of anilines is 1. The van der Waals surface area contributed by atoms with E-state index in [1.54, 1.807) is 7.11 Å². The predicted octanol–water partition coefficient (Wildman–Crippen LogP) is 3.87. The first-order chi connectivity index (χ1) is 11.2. The van der Waals surface area contributed by atoms with Gasteiger partial charge in [0.15, 0.2) is 5.75 Å². The topological polar surface area (TPSA) is 70.5 Å². The number of azide groups is 1. The average Bonchev–Trinajstić information content (AvgIpc) is 2.60. The van der Waals surface area contributed by atoms with Gasteiger partial charge in [0, 0.05) is 17.5 Å². The summed E-state index contributed by atoms with van der Waals surface area (Å²) in [4.78, 5) is 4.95. The van der Waals surface area contributed by atoms with Crippen LogP contribution in [0.1, 0.15) is 0 Å². The lowest BCUT2D eigenvalue weighted by molar-refractivity contribution is 0.205. The number of hydrogen-bond donors (Lipinski definition) is 0. The monoisotopic (exact) mass is 310 g/mol. The van der Waals surface area contributed by atoms with E-state index in [1.807, 2.05) is 49.5 Å². The summed E-state index contributed by atoms with van der Waals surface area (Å²) in [5.74, 6) is 1.64. The lowest BCUT2D eigenvalue weighted by atomic mass is 10.0. The molecule has 0 saturated carbocycles. The number of benzene rings is 2. The van der Waals surface area contributed by atoms with Crippen molar-refractivity contribution in [2.24, 2.45) is 5.11 Å². The van der Waals surface area contributed by atoms with Gasteiger partial charge in [-0.15, -0.1) is 0 Å². The van der Waals surface area contributed by atoms with E-state index < -0.39 is 0 Å². The molecular formula is C17H18N4O2. The molecule has 0 spiro atoms. The number of hydrogen-bond acceptors (Lipinski definition) is 4. The molecule has 0 amide bonds. The predicted molar refractivity (Wildman–Crippen MR) is 90.1 cm³/mol. The summed E-state index contributed by atoms with van der Waals surface area (Å²) in [5.41, 5.74) is 11.6. The van der Waals surface area contributed by atoms with Crippen LogP contribution in [0.2, 0.25) is 0 Å². The van der Waals surface area contributed by atoms with E-state index in [2.05, 4.69) is 14.9 Å². The van der Waals surface area contributed by atoms with Gasteiger partial charge < -0.3 is 14.4 Å². The summed E-state index contributed by atoms with van der Waals surface area (Å²) in [7, 11) is 3.67. The first-order valence-corrected chi connectivity index (χ1v) is 7.39. The molecule has 0 saturated heterocycles. The highest BCUT2D eigenvalue weighted by molar-refractivity contribution is 5.79. The van der Waals surface area contributed by atoms with Crippen LogP contribution >= 0.6 is 0 Å². The molecule has 2 aromatic rings. The number of methoxy groups -OCH3 is 1. The second-order valence-corrected chi connectivity index (χ2v) is 5.42. The van der Waals surface area contributed by atoms with Crippen LogP contribution in [0.3, 0.4) is 0 Å². The highest BCUT2D eigenvalue weighted by atomic mass is 16.5. The minimum Gasteiger partial charge on any atom is -0.497 e. The van der Waals surface area contributed by atoms with Crippen LogP contribution in [0, 0.1) is 0 Å². The van der Waals surface area contributed by atoms with Gasteiger partial charge in [0.1, 0.15) is 11.9 Å². The molecular weight excluding hydrogens is 292 g/mol. The number of ether oxygens (including phenoxy) is 2. The summed E-state index contributed by atoms with van der Waals surface area (Å²) in [6.45, 7) is 1.01. The Morgan fingerprint density at radius 2 is 2.09 bits per heavy atom. The number of para-hydroxylation sites is 1. The maximum absolute atomic E-state index is 8.52. The largest absolute Gasteiger partial charge is 0.497 e. The van der Waals surface area contributed by atoms with Crippen molar-refractivity contribution in [3.8, 4) is 22.6 Å².